The highest BCUT2D eigenvalue weighted by atomic mass is 32.2. The molecule has 0 N–H and O–H groups in total. The molecular formula is C14H15NOS2. The van der Waals surface area contributed by atoms with E-state index in [1.54, 1.807) is 4.90 Å². The van der Waals surface area contributed by atoms with Crippen LogP contribution in [0.4, 0.5) is 0 Å². The molecule has 1 aliphatic rings. The molecule has 0 radical (unpaired) electrons. The lowest BCUT2D eigenvalue weighted by Gasteiger charge is -2.16. The Hall–Kier alpha value is -1.13. The highest BCUT2D eigenvalue weighted by molar-refractivity contribution is 8.26. The van der Waals surface area contributed by atoms with Crippen molar-refractivity contribution in [3.05, 3.63) is 40.8 Å². The van der Waals surface area contributed by atoms with E-state index >= 15 is 0 Å². The summed E-state index contributed by atoms with van der Waals surface area (Å²) < 4.78 is 0.663. The molecule has 0 atom stereocenters. The molecule has 1 fully saturated rings. The van der Waals surface area contributed by atoms with Gasteiger partial charge in [-0.2, -0.15) is 0 Å². The van der Waals surface area contributed by atoms with E-state index in [0.717, 1.165) is 5.56 Å². The zero-order valence-corrected chi connectivity index (χ0v) is 12.1. The van der Waals surface area contributed by atoms with Crippen LogP contribution >= 0.6 is 24.0 Å². The first-order chi connectivity index (χ1) is 8.58. The maximum absolute atomic E-state index is 12.2. The van der Waals surface area contributed by atoms with Crippen LogP contribution in [-0.4, -0.2) is 21.7 Å². The van der Waals surface area contributed by atoms with Gasteiger partial charge in [0.25, 0.3) is 5.91 Å². The van der Waals surface area contributed by atoms with Crippen LogP contribution in [0.2, 0.25) is 0 Å². The Morgan fingerprint density at radius 1 is 1.33 bits per heavy atom. The van der Waals surface area contributed by atoms with Gasteiger partial charge in [0.15, 0.2) is 0 Å². The van der Waals surface area contributed by atoms with Gasteiger partial charge < -0.3 is 0 Å². The van der Waals surface area contributed by atoms with E-state index in [4.69, 9.17) is 12.2 Å². The van der Waals surface area contributed by atoms with Crippen molar-refractivity contribution in [1.29, 1.82) is 0 Å². The second kappa shape index (κ2) is 5.67. The third-order valence-corrected chi connectivity index (χ3v) is 3.90. The van der Waals surface area contributed by atoms with Crippen LogP contribution in [0, 0.1) is 5.92 Å². The molecule has 2 rings (SSSR count). The lowest BCUT2D eigenvalue weighted by Crippen LogP contribution is -2.31. The zero-order valence-electron chi connectivity index (χ0n) is 10.4. The fraction of sp³-hybridized carbons (Fsp3) is 0.286. The van der Waals surface area contributed by atoms with Crippen LogP contribution in [0.1, 0.15) is 19.4 Å². The number of thiocarbonyl (C=S) groups is 1. The Kier molecular flexibility index (Phi) is 4.19. The number of hydrogen-bond acceptors (Lipinski definition) is 3. The van der Waals surface area contributed by atoms with Gasteiger partial charge in [-0.05, 0) is 17.6 Å². The summed E-state index contributed by atoms with van der Waals surface area (Å²) in [6.45, 7) is 4.86. The van der Waals surface area contributed by atoms with Gasteiger partial charge in [0, 0.05) is 6.54 Å². The number of thioether (sulfide) groups is 1. The molecule has 2 nitrogen and oxygen atoms in total. The topological polar surface area (TPSA) is 20.3 Å². The Balaban J connectivity index is 2.20. The molecule has 0 spiro atoms. The number of carbonyl (C=O) groups excluding carboxylic acids is 1. The summed E-state index contributed by atoms with van der Waals surface area (Å²) in [5.74, 6) is 0.450. The number of amides is 1. The summed E-state index contributed by atoms with van der Waals surface area (Å²) in [5, 5.41) is 0. The lowest BCUT2D eigenvalue weighted by atomic mass is 10.2. The van der Waals surface area contributed by atoms with Gasteiger partial charge in [-0.1, -0.05) is 68.2 Å². The Labute approximate surface area is 117 Å². The minimum atomic E-state index is 0.0301. The Morgan fingerprint density at radius 3 is 2.61 bits per heavy atom. The molecule has 1 aliphatic heterocycles. The van der Waals surface area contributed by atoms with Gasteiger partial charge in [0.1, 0.15) is 4.32 Å². The number of nitrogens with zero attached hydrogens (tertiary/aromatic N) is 1. The third-order valence-electron chi connectivity index (χ3n) is 2.52. The fourth-order valence-electron chi connectivity index (χ4n) is 1.72. The van der Waals surface area contributed by atoms with Crippen LogP contribution in [0.3, 0.4) is 0 Å². The molecule has 1 aromatic rings. The lowest BCUT2D eigenvalue weighted by molar-refractivity contribution is -0.122. The molecule has 0 bridgehead atoms. The van der Waals surface area contributed by atoms with E-state index in [-0.39, 0.29) is 5.91 Å². The Bertz CT molecular complexity index is 494. The summed E-state index contributed by atoms with van der Waals surface area (Å²) in [5.41, 5.74) is 1.03. The number of benzene rings is 1. The first-order valence-corrected chi connectivity index (χ1v) is 7.11. The normalized spacial score (nSPS) is 18.2. The molecule has 4 heteroatoms. The molecule has 0 aromatic heterocycles. The average Bonchev–Trinajstić information content (AvgIpc) is 2.58. The van der Waals surface area contributed by atoms with E-state index in [0.29, 0.717) is 21.7 Å². The highest BCUT2D eigenvalue weighted by Gasteiger charge is 2.31. The van der Waals surface area contributed by atoms with Crippen molar-refractivity contribution in [2.75, 3.05) is 6.54 Å². The van der Waals surface area contributed by atoms with Crippen molar-refractivity contribution in [2.24, 2.45) is 5.92 Å². The van der Waals surface area contributed by atoms with Crippen LogP contribution in [0.5, 0.6) is 0 Å². The number of rotatable bonds is 3. The fourth-order valence-corrected chi connectivity index (χ4v) is 3.00. The molecule has 0 aliphatic carbocycles. The van der Waals surface area contributed by atoms with Crippen LogP contribution in [-0.2, 0) is 4.79 Å². The third kappa shape index (κ3) is 3.00. The summed E-state index contributed by atoms with van der Waals surface area (Å²) in [6.07, 6.45) is 1.90. The molecule has 0 saturated carbocycles. The van der Waals surface area contributed by atoms with E-state index < -0.39 is 0 Å². The molecule has 1 aromatic carbocycles. The van der Waals surface area contributed by atoms with E-state index in [1.165, 1.54) is 11.8 Å². The first-order valence-electron chi connectivity index (χ1n) is 5.88. The molecule has 0 unspecified atom stereocenters. The van der Waals surface area contributed by atoms with Crippen molar-refractivity contribution >= 4 is 40.3 Å². The van der Waals surface area contributed by atoms with Crippen LogP contribution in [0.15, 0.2) is 35.2 Å². The minimum absolute atomic E-state index is 0.0301. The predicted molar refractivity (Wildman–Crippen MR) is 81.2 cm³/mol. The minimum Gasteiger partial charge on any atom is -0.293 e. The van der Waals surface area contributed by atoms with Crippen LogP contribution in [0.25, 0.3) is 6.08 Å². The second-order valence-corrected chi connectivity index (χ2v) is 6.27. The summed E-state index contributed by atoms with van der Waals surface area (Å²) in [7, 11) is 0. The molecule has 18 heavy (non-hydrogen) atoms. The van der Waals surface area contributed by atoms with E-state index in [2.05, 4.69) is 13.8 Å². The summed E-state index contributed by atoms with van der Waals surface area (Å²) >= 11 is 6.64. The van der Waals surface area contributed by atoms with E-state index in [1.807, 2.05) is 36.4 Å². The van der Waals surface area contributed by atoms with E-state index in [9.17, 15) is 4.79 Å². The first kappa shape index (κ1) is 13.3. The zero-order chi connectivity index (χ0) is 13.1. The molecule has 1 saturated heterocycles. The van der Waals surface area contributed by atoms with Gasteiger partial charge in [0.2, 0.25) is 0 Å². The predicted octanol–water partition coefficient (Wildman–Crippen LogP) is 3.54. The van der Waals surface area contributed by atoms with Crippen molar-refractivity contribution in [1.82, 2.24) is 4.90 Å². The van der Waals surface area contributed by atoms with Crippen molar-refractivity contribution in [2.45, 2.75) is 13.8 Å². The molecule has 1 amide bonds. The molecular weight excluding hydrogens is 262 g/mol. The quantitative estimate of drug-likeness (QED) is 0.622. The Morgan fingerprint density at radius 2 is 2.00 bits per heavy atom. The highest BCUT2D eigenvalue weighted by Crippen LogP contribution is 2.32. The van der Waals surface area contributed by atoms with Crippen molar-refractivity contribution < 1.29 is 4.79 Å². The summed E-state index contributed by atoms with van der Waals surface area (Å²) in [4.78, 5) is 14.6. The SMILES string of the molecule is CC(C)CN1C(=O)/C(=C/c2ccccc2)SC1=S. The largest absolute Gasteiger partial charge is 0.293 e. The number of carbonyl (C=O) groups is 1. The maximum Gasteiger partial charge on any atom is 0.266 e. The number of hydrogen-bond donors (Lipinski definition) is 0. The standard InChI is InChI=1S/C14H15NOS2/c1-10(2)9-15-13(16)12(18-14(15)17)8-11-6-4-3-5-7-11/h3-8,10H,9H2,1-2H3/b12-8-. The smallest absolute Gasteiger partial charge is 0.266 e. The second-order valence-electron chi connectivity index (χ2n) is 4.60. The average molecular weight is 277 g/mol. The van der Waals surface area contributed by atoms with Crippen molar-refractivity contribution in [3.63, 3.8) is 0 Å². The van der Waals surface area contributed by atoms with Gasteiger partial charge in [0.05, 0.1) is 4.91 Å². The summed E-state index contributed by atoms with van der Waals surface area (Å²) in [6, 6.07) is 9.84. The molecule has 94 valence electrons. The van der Waals surface area contributed by atoms with Gasteiger partial charge in [-0.15, -0.1) is 0 Å². The van der Waals surface area contributed by atoms with Gasteiger partial charge in [-0.25, -0.2) is 0 Å². The van der Waals surface area contributed by atoms with Crippen LogP contribution < -0.4 is 0 Å². The van der Waals surface area contributed by atoms with Gasteiger partial charge >= 0.3 is 0 Å². The van der Waals surface area contributed by atoms with Gasteiger partial charge in [-0.3, -0.25) is 9.69 Å². The maximum atomic E-state index is 12.2. The monoisotopic (exact) mass is 277 g/mol. The van der Waals surface area contributed by atoms with Crippen molar-refractivity contribution in [3.8, 4) is 0 Å². The molecule has 1 heterocycles.